The van der Waals surface area contributed by atoms with E-state index in [1.165, 1.54) is 6.20 Å². The summed E-state index contributed by atoms with van der Waals surface area (Å²) in [6.07, 6.45) is 7.35. The zero-order chi connectivity index (χ0) is 41.2. The van der Waals surface area contributed by atoms with Crippen molar-refractivity contribution in [1.82, 2.24) is 29.7 Å². The SMILES string of the molecule is CNc1nc(Nc2ccc(C(=O)N3CCOCC3)cc2Br)ncc1Cl.CNc1nc(Nc2ccc(C(=O)N3CCOCC3)cc2C2CC2)ncc1Cl.OB(O)C1CC1. The quantitative estimate of drug-likeness (QED) is 0.101. The third-order valence-corrected chi connectivity index (χ3v) is 10.8. The van der Waals surface area contributed by atoms with E-state index in [0.29, 0.717) is 97.7 Å². The fourth-order valence-corrected chi connectivity index (χ4v) is 6.88. The van der Waals surface area contributed by atoms with Gasteiger partial charge in [0.25, 0.3) is 11.8 Å². The molecule has 6 N–H and O–H groups in total. The molecule has 4 fully saturated rings. The molecule has 20 heteroatoms. The molecule has 2 aromatic carbocycles. The highest BCUT2D eigenvalue weighted by Gasteiger charge is 2.33. The zero-order valence-electron chi connectivity index (χ0n) is 32.2. The van der Waals surface area contributed by atoms with Gasteiger partial charge in [-0.15, -0.1) is 0 Å². The molecule has 0 radical (unpaired) electrons. The standard InChI is InChI=1S/C19H22ClN5O2.C16H17BrClN5O2.C3H7BO2/c1-21-17-15(20)11-22-19(24-17)23-16-5-4-13(10-14(16)12-2-3-12)18(26)25-6-8-27-9-7-25;1-19-14-12(18)9-20-16(22-14)21-13-3-2-10(8-11(13)17)15(24)23-4-6-25-7-5-23;5-4(6)3-1-2-3/h4-5,10-12H,2-3,6-9H2,1H3,(H2,21,22,23,24);2-3,8-9H,4-7H2,1H3,(H2,19,20,21,22);3,5-6H,1-2H2. The summed E-state index contributed by atoms with van der Waals surface area (Å²) in [5.74, 6) is 2.73. The van der Waals surface area contributed by atoms with Gasteiger partial charge in [-0.2, -0.15) is 9.97 Å². The van der Waals surface area contributed by atoms with Crippen molar-refractivity contribution < 1.29 is 29.1 Å². The number of amides is 2. The van der Waals surface area contributed by atoms with Gasteiger partial charge in [-0.25, -0.2) is 9.97 Å². The van der Waals surface area contributed by atoms with Crippen LogP contribution in [-0.4, -0.2) is 125 Å². The summed E-state index contributed by atoms with van der Waals surface area (Å²) in [6.45, 7) is 4.86. The minimum Gasteiger partial charge on any atom is -0.427 e. The minimum atomic E-state index is -1.04. The van der Waals surface area contributed by atoms with Crippen molar-refractivity contribution >= 4 is 93.0 Å². The maximum absolute atomic E-state index is 12.8. The first-order valence-electron chi connectivity index (χ1n) is 19.0. The van der Waals surface area contributed by atoms with Crippen LogP contribution in [0.1, 0.15) is 57.9 Å². The van der Waals surface area contributed by atoms with Crippen molar-refractivity contribution in [3.05, 3.63) is 80.0 Å². The van der Waals surface area contributed by atoms with Gasteiger partial charge in [-0.05, 0) is 82.5 Å². The van der Waals surface area contributed by atoms with Crippen molar-refractivity contribution in [2.24, 2.45) is 0 Å². The van der Waals surface area contributed by atoms with Crippen LogP contribution in [0.15, 0.2) is 53.3 Å². The topological polar surface area (TPSA) is 199 Å². The Balaban J connectivity index is 0.000000171. The number of morpholine rings is 2. The van der Waals surface area contributed by atoms with Gasteiger partial charge < -0.3 is 50.6 Å². The summed E-state index contributed by atoms with van der Waals surface area (Å²) in [7, 11) is 2.46. The highest BCUT2D eigenvalue weighted by atomic mass is 79.9. The molecule has 2 aliphatic carbocycles. The molecule has 4 heterocycles. The molecule has 0 bridgehead atoms. The first-order chi connectivity index (χ1) is 28.0. The smallest absolute Gasteiger partial charge is 0.427 e. The number of hydrogen-bond acceptors (Lipinski definition) is 14. The molecule has 308 valence electrons. The van der Waals surface area contributed by atoms with Crippen molar-refractivity contribution in [3.8, 4) is 0 Å². The van der Waals surface area contributed by atoms with Crippen LogP contribution >= 0.6 is 39.1 Å². The van der Waals surface area contributed by atoms with Gasteiger partial charge in [0.05, 0.1) is 44.5 Å². The van der Waals surface area contributed by atoms with Gasteiger partial charge in [-0.3, -0.25) is 9.59 Å². The van der Waals surface area contributed by atoms with E-state index in [1.54, 1.807) is 37.3 Å². The van der Waals surface area contributed by atoms with Gasteiger partial charge in [0, 0.05) is 61.6 Å². The van der Waals surface area contributed by atoms with Gasteiger partial charge in [0.1, 0.15) is 21.7 Å². The Labute approximate surface area is 355 Å². The number of halogens is 3. The Morgan fingerprint density at radius 1 is 0.741 bits per heavy atom. The summed E-state index contributed by atoms with van der Waals surface area (Å²) in [6, 6.07) is 11.2. The van der Waals surface area contributed by atoms with E-state index in [-0.39, 0.29) is 17.6 Å². The first-order valence-corrected chi connectivity index (χ1v) is 20.6. The molecule has 16 nitrogen and oxygen atoms in total. The summed E-state index contributed by atoms with van der Waals surface area (Å²) in [4.78, 5) is 46.0. The van der Waals surface area contributed by atoms with Gasteiger partial charge in [-0.1, -0.05) is 36.0 Å². The predicted molar refractivity (Wildman–Crippen MR) is 229 cm³/mol. The van der Waals surface area contributed by atoms with Gasteiger partial charge >= 0.3 is 7.12 Å². The van der Waals surface area contributed by atoms with E-state index in [9.17, 15) is 9.59 Å². The summed E-state index contributed by atoms with van der Waals surface area (Å²) in [5, 5.41) is 29.6. The average Bonchev–Trinajstić information content (AvgIpc) is 4.18. The maximum Gasteiger partial charge on any atom is 0.454 e. The number of carbonyl (C=O) groups excluding carboxylic acids is 2. The number of anilines is 6. The molecule has 8 rings (SSSR count). The number of nitrogens with one attached hydrogen (secondary N) is 4. The van der Waals surface area contributed by atoms with Gasteiger partial charge in [0.15, 0.2) is 0 Å². The van der Waals surface area contributed by atoms with Crippen molar-refractivity contribution in [1.29, 1.82) is 0 Å². The molecular formula is C38H46BBrCl2N10O6. The number of carbonyl (C=O) groups is 2. The Morgan fingerprint density at radius 2 is 1.21 bits per heavy atom. The first kappa shape index (κ1) is 43.3. The molecule has 0 spiro atoms. The van der Waals surface area contributed by atoms with E-state index in [1.807, 2.05) is 29.2 Å². The monoisotopic (exact) mass is 898 g/mol. The van der Waals surface area contributed by atoms with Crippen LogP contribution < -0.4 is 21.3 Å². The van der Waals surface area contributed by atoms with Crippen LogP contribution in [0, 0.1) is 0 Å². The molecule has 4 aliphatic rings. The van der Waals surface area contributed by atoms with E-state index in [2.05, 4.69) is 57.1 Å². The molecule has 4 aromatic rings. The third kappa shape index (κ3) is 11.9. The fourth-order valence-electron chi connectivity index (χ4n) is 6.03. The Hall–Kier alpha value is -4.30. The van der Waals surface area contributed by atoms with Crippen LogP contribution in [0.5, 0.6) is 0 Å². The van der Waals surface area contributed by atoms with Crippen LogP contribution in [0.2, 0.25) is 15.9 Å². The third-order valence-electron chi connectivity index (χ3n) is 9.63. The highest BCUT2D eigenvalue weighted by molar-refractivity contribution is 9.10. The number of hydrogen-bond donors (Lipinski definition) is 6. The lowest BCUT2D eigenvalue weighted by Gasteiger charge is -2.27. The molecule has 2 saturated carbocycles. The summed E-state index contributed by atoms with van der Waals surface area (Å²) in [5.41, 5.74) is 4.16. The summed E-state index contributed by atoms with van der Waals surface area (Å²) >= 11 is 15.5. The molecule has 0 atom stereocenters. The lowest BCUT2D eigenvalue weighted by atomic mass is 9.84. The number of benzene rings is 2. The second-order valence-corrected chi connectivity index (χ2v) is 15.5. The lowest BCUT2D eigenvalue weighted by molar-refractivity contribution is 0.0301. The molecular weight excluding hydrogens is 854 g/mol. The number of rotatable bonds is 10. The van der Waals surface area contributed by atoms with Crippen LogP contribution in [0.4, 0.5) is 34.9 Å². The second kappa shape index (κ2) is 20.6. The van der Waals surface area contributed by atoms with Crippen molar-refractivity contribution in [2.45, 2.75) is 37.4 Å². The Morgan fingerprint density at radius 3 is 1.62 bits per heavy atom. The largest absolute Gasteiger partial charge is 0.454 e. The lowest BCUT2D eigenvalue weighted by Crippen LogP contribution is -2.40. The maximum atomic E-state index is 12.8. The van der Waals surface area contributed by atoms with Crippen molar-refractivity contribution in [2.75, 3.05) is 88.0 Å². The van der Waals surface area contributed by atoms with E-state index >= 15 is 0 Å². The Kier molecular flexibility index (Phi) is 15.4. The molecule has 2 aliphatic heterocycles. The number of aromatic nitrogens is 4. The number of ether oxygens (including phenoxy) is 2. The van der Waals surface area contributed by atoms with Crippen LogP contribution in [-0.2, 0) is 9.47 Å². The van der Waals surface area contributed by atoms with E-state index < -0.39 is 7.12 Å². The fraction of sp³-hybridized carbons (Fsp3) is 0.421. The van der Waals surface area contributed by atoms with Crippen LogP contribution in [0.25, 0.3) is 0 Å². The molecule has 2 amide bonds. The molecule has 0 unspecified atom stereocenters. The predicted octanol–water partition coefficient (Wildman–Crippen LogP) is 6.04. The van der Waals surface area contributed by atoms with Gasteiger partial charge in [0.2, 0.25) is 11.9 Å². The van der Waals surface area contributed by atoms with Crippen molar-refractivity contribution in [3.63, 3.8) is 0 Å². The molecule has 58 heavy (non-hydrogen) atoms. The number of nitrogens with zero attached hydrogens (tertiary/aromatic N) is 6. The van der Waals surface area contributed by atoms with E-state index in [4.69, 9.17) is 42.7 Å². The van der Waals surface area contributed by atoms with Crippen LogP contribution in [0.3, 0.4) is 0 Å². The normalized spacial score (nSPS) is 16.2. The summed E-state index contributed by atoms with van der Waals surface area (Å²) < 4.78 is 11.4. The minimum absolute atomic E-state index is 0.00392. The highest BCUT2D eigenvalue weighted by Crippen LogP contribution is 2.44. The Bertz CT molecular complexity index is 2050. The van der Waals surface area contributed by atoms with E-state index in [0.717, 1.165) is 52.7 Å². The zero-order valence-corrected chi connectivity index (χ0v) is 35.3. The molecule has 2 saturated heterocycles. The molecule has 2 aromatic heterocycles. The average molecular weight is 900 g/mol. The second-order valence-electron chi connectivity index (χ2n) is 13.9.